The number of halogens is 5. The van der Waals surface area contributed by atoms with Crippen LogP contribution < -0.4 is 4.52 Å². The lowest BCUT2D eigenvalue weighted by molar-refractivity contribution is -0.284. The Morgan fingerprint density at radius 1 is 0.900 bits per heavy atom. The molecule has 8 nitrogen and oxygen atoms in total. The average Bonchev–Trinajstić information content (AvgIpc) is 3.54. The third-order valence-corrected chi connectivity index (χ3v) is 15.5. The van der Waals surface area contributed by atoms with Crippen LogP contribution in [-0.4, -0.2) is 65.8 Å². The largest absolute Gasteiger partial charge is 0.616 e. The van der Waals surface area contributed by atoms with Crippen molar-refractivity contribution in [3.63, 3.8) is 0 Å². The number of fused-ring (bicyclic) bond motifs is 5. The van der Waals surface area contributed by atoms with Gasteiger partial charge in [-0.1, -0.05) is 84.8 Å². The molecule has 3 aliphatic rings. The number of ether oxygens (including phenoxy) is 1. The van der Waals surface area contributed by atoms with E-state index in [-0.39, 0.29) is 65.9 Å². The molecule has 0 heterocycles. The van der Waals surface area contributed by atoms with Crippen LogP contribution in [0.25, 0.3) is 0 Å². The first kappa shape index (κ1) is 46.5. The van der Waals surface area contributed by atoms with Gasteiger partial charge < -0.3 is 18.7 Å². The minimum Gasteiger partial charge on any atom is -0.616 e. The molecule has 6 rings (SSSR count). The van der Waals surface area contributed by atoms with E-state index in [0.29, 0.717) is 38.0 Å². The molecule has 0 saturated heterocycles. The van der Waals surface area contributed by atoms with E-state index in [1.54, 1.807) is 0 Å². The summed E-state index contributed by atoms with van der Waals surface area (Å²) in [4.78, 5) is 14.9. The summed E-state index contributed by atoms with van der Waals surface area (Å²) in [5.74, 6) is -4.00. The number of carbonyl (C=O) groups is 1. The molecule has 3 aliphatic carbocycles. The van der Waals surface area contributed by atoms with Crippen molar-refractivity contribution >= 4 is 25.0 Å². The summed E-state index contributed by atoms with van der Waals surface area (Å²) in [5.41, 5.74) is 3.56. The maximum atomic E-state index is 14.3. The van der Waals surface area contributed by atoms with Crippen LogP contribution in [0.3, 0.4) is 0 Å². The first-order chi connectivity index (χ1) is 28.5. The Kier molecular flexibility index (Phi) is 15.5. The predicted molar refractivity (Wildman–Crippen MR) is 221 cm³/mol. The highest BCUT2D eigenvalue weighted by molar-refractivity contribution is 7.91. The van der Waals surface area contributed by atoms with Crippen molar-refractivity contribution in [2.45, 2.75) is 108 Å². The zero-order valence-corrected chi connectivity index (χ0v) is 36.3. The van der Waals surface area contributed by atoms with Gasteiger partial charge >= 0.3 is 25.9 Å². The van der Waals surface area contributed by atoms with Gasteiger partial charge in [-0.25, -0.2) is 4.57 Å². The van der Waals surface area contributed by atoms with Gasteiger partial charge in [0.25, 0.3) is 0 Å². The third kappa shape index (κ3) is 11.7. The number of carbonyl (C=O) groups excluding carboxylic acids is 1. The molecule has 0 spiro atoms. The smallest absolute Gasteiger partial charge is 0.530 e. The molecule has 0 aromatic heterocycles. The van der Waals surface area contributed by atoms with Crippen molar-refractivity contribution in [1.82, 2.24) is 4.90 Å². The number of phosphoric ester groups is 1. The van der Waals surface area contributed by atoms with Crippen molar-refractivity contribution in [1.29, 1.82) is 0 Å². The van der Waals surface area contributed by atoms with Gasteiger partial charge in [0.1, 0.15) is 23.4 Å². The first-order valence-corrected chi connectivity index (χ1v) is 23.8. The normalized spacial score (nSPS) is 24.7. The molecule has 2 saturated carbocycles. The Morgan fingerprint density at radius 2 is 1.53 bits per heavy atom. The number of benzene rings is 3. The molecule has 0 radical (unpaired) electrons. The number of hydrogen-bond acceptors (Lipinski definition) is 8. The van der Waals surface area contributed by atoms with Crippen LogP contribution in [0, 0.1) is 23.2 Å². The molecule has 1 unspecified atom stereocenters. The molecule has 7 atom stereocenters. The Bertz CT molecular complexity index is 1860. The molecule has 0 N–H and O–H groups in total. The monoisotopic (exact) mass is 881 g/mol. The zero-order chi connectivity index (χ0) is 43.1. The maximum Gasteiger partial charge on any atom is 0.530 e. The number of phosphoric acid groups is 1. The Balaban J connectivity index is 1.20. The van der Waals surface area contributed by atoms with Gasteiger partial charge in [-0.05, 0) is 124 Å². The van der Waals surface area contributed by atoms with E-state index >= 15 is 0 Å². The fourth-order valence-electron chi connectivity index (χ4n) is 9.66. The van der Waals surface area contributed by atoms with Gasteiger partial charge in [-0.3, -0.25) is 13.8 Å². The van der Waals surface area contributed by atoms with Crippen LogP contribution in [0.5, 0.6) is 5.75 Å². The second-order valence-corrected chi connectivity index (χ2v) is 20.4. The summed E-state index contributed by atoms with van der Waals surface area (Å²) in [6, 6.07) is 24.4. The average molecular weight is 882 g/mol. The van der Waals surface area contributed by atoms with E-state index < -0.39 is 43.9 Å². The van der Waals surface area contributed by atoms with Crippen molar-refractivity contribution in [3.05, 3.63) is 101 Å². The molecule has 3 aromatic carbocycles. The van der Waals surface area contributed by atoms with Crippen LogP contribution in [0.15, 0.2) is 78.9 Å². The predicted octanol–water partition coefficient (Wildman–Crippen LogP) is 11.1. The SMILES string of the molecule is CN(C)CCC(=O)O[C@H]1CC[C@H]2[C@@H]3[C@H](CCC[S+]([O-])CCCC(F)(F)C(F)(F)F)Cc4cc(OP(=O)(OCc5ccccc5)OCc5ccccc5)ccc4[C@H]3CC[C@]12C. The van der Waals surface area contributed by atoms with Crippen LogP contribution in [0.1, 0.15) is 92.9 Å². The number of alkyl halides is 5. The molecule has 0 aliphatic heterocycles. The molecule has 15 heteroatoms. The van der Waals surface area contributed by atoms with Gasteiger partial charge in [0.05, 0.1) is 19.6 Å². The number of esters is 1. The van der Waals surface area contributed by atoms with Crippen molar-refractivity contribution in [2.75, 3.05) is 32.1 Å². The Morgan fingerprint density at radius 3 is 2.15 bits per heavy atom. The summed E-state index contributed by atoms with van der Waals surface area (Å²) in [5, 5.41) is 0. The molecular weight excluding hydrogens is 825 g/mol. The maximum absolute atomic E-state index is 14.3. The molecule has 0 bridgehead atoms. The lowest BCUT2D eigenvalue weighted by Crippen LogP contribution is -2.48. The third-order valence-electron chi connectivity index (χ3n) is 12.7. The number of rotatable bonds is 20. The summed E-state index contributed by atoms with van der Waals surface area (Å²) in [6.45, 7) is 2.84. The van der Waals surface area contributed by atoms with E-state index in [1.165, 1.54) is 5.56 Å². The quantitative estimate of drug-likeness (QED) is 0.0479. The van der Waals surface area contributed by atoms with Crippen LogP contribution >= 0.6 is 7.82 Å². The molecule has 330 valence electrons. The summed E-state index contributed by atoms with van der Waals surface area (Å²) in [6.07, 6.45) is -2.26. The second kappa shape index (κ2) is 20.0. The van der Waals surface area contributed by atoms with Crippen LogP contribution in [0.4, 0.5) is 22.0 Å². The topological polar surface area (TPSA) is 97.4 Å². The highest BCUT2D eigenvalue weighted by Crippen LogP contribution is 2.64. The van der Waals surface area contributed by atoms with E-state index in [1.807, 2.05) is 97.9 Å². The van der Waals surface area contributed by atoms with E-state index in [0.717, 1.165) is 42.4 Å². The van der Waals surface area contributed by atoms with Crippen molar-refractivity contribution < 1.29 is 54.2 Å². The second-order valence-electron chi connectivity index (χ2n) is 17.1. The van der Waals surface area contributed by atoms with Gasteiger partial charge in [-0.2, -0.15) is 22.0 Å². The molecule has 0 amide bonds. The highest BCUT2D eigenvalue weighted by Gasteiger charge is 2.59. The number of nitrogens with zero attached hydrogens (tertiary/aromatic N) is 1. The fraction of sp³-hybridized carbons (Fsp3) is 0.578. The molecular formula is C45H57F5NO7PS. The Hall–Kier alpha value is -3.00. The minimum atomic E-state index is -5.63. The van der Waals surface area contributed by atoms with Crippen LogP contribution in [0.2, 0.25) is 0 Å². The van der Waals surface area contributed by atoms with E-state index in [9.17, 15) is 35.9 Å². The highest BCUT2D eigenvalue weighted by atomic mass is 32.2. The Labute approximate surface area is 353 Å². The lowest BCUT2D eigenvalue weighted by atomic mass is 9.52. The summed E-state index contributed by atoms with van der Waals surface area (Å²) < 4.78 is 116. The summed E-state index contributed by atoms with van der Waals surface area (Å²) >= 11 is -1.56. The first-order valence-electron chi connectivity index (χ1n) is 20.9. The minimum absolute atomic E-state index is 0.00190. The van der Waals surface area contributed by atoms with Gasteiger partial charge in [0, 0.05) is 18.4 Å². The molecule has 60 heavy (non-hydrogen) atoms. The van der Waals surface area contributed by atoms with Crippen molar-refractivity contribution in [2.24, 2.45) is 23.2 Å². The zero-order valence-electron chi connectivity index (χ0n) is 34.5. The van der Waals surface area contributed by atoms with E-state index in [4.69, 9.17) is 18.3 Å². The molecule has 2 fully saturated rings. The van der Waals surface area contributed by atoms with Gasteiger partial charge in [0.2, 0.25) is 0 Å². The summed E-state index contributed by atoms with van der Waals surface area (Å²) in [7, 11) is -0.322. The van der Waals surface area contributed by atoms with E-state index in [2.05, 4.69) is 6.92 Å². The van der Waals surface area contributed by atoms with Crippen molar-refractivity contribution in [3.8, 4) is 5.75 Å². The number of hydrogen-bond donors (Lipinski definition) is 0. The standard InChI is InChI=1S/C45H57F5NO7PS/c1-43-24-21-38-37-18-17-36(58-59(53,55-30-32-12-6-4-7-13-32)56-31-33-14-8-5-9-15-33)29-35(37)28-34(16-10-26-60(54)27-11-23-44(46,47)45(48,49)50)42(38)39(43)19-20-40(43)57-41(52)22-25-51(2)3/h4-9,12-15,17-18,29,34,38-40,42H,10-11,16,19-28,30-31H2,1-3H3/t34-,38-,39+,40+,42-,43+,60?/m1/s1. The van der Waals surface area contributed by atoms with Crippen LogP contribution in [-0.2, 0) is 54.0 Å². The fourth-order valence-corrected chi connectivity index (χ4v) is 12.0. The van der Waals surface area contributed by atoms with Gasteiger partial charge in [-0.15, -0.1) is 0 Å². The lowest BCUT2D eigenvalue weighted by Gasteiger charge is -2.53. The van der Waals surface area contributed by atoms with Gasteiger partial charge in [0.15, 0.2) is 0 Å². The molecule has 3 aromatic rings.